The number of para-hydroxylation sites is 4. The van der Waals surface area contributed by atoms with E-state index in [4.69, 9.17) is 9.47 Å². The number of hydrogen-bond donors (Lipinski definition) is 4. The molecule has 8 aromatic carbocycles. The van der Waals surface area contributed by atoms with E-state index >= 15 is 0 Å². The molecule has 0 spiro atoms. The number of hydrogen-bond acceptors (Lipinski definition) is 6. The summed E-state index contributed by atoms with van der Waals surface area (Å²) in [6.45, 7) is 0. The maximum absolute atomic E-state index is 13.7. The van der Waals surface area contributed by atoms with Crippen molar-refractivity contribution in [3.05, 3.63) is 357 Å². The maximum Gasteiger partial charge on any atom is 0.338 e. The molecule has 10 heteroatoms. The molecule has 0 radical (unpaired) electrons. The van der Waals surface area contributed by atoms with Crippen LogP contribution in [-0.2, 0) is 9.47 Å². The number of fused-ring (bicyclic) bond motifs is 8. The summed E-state index contributed by atoms with van der Waals surface area (Å²) in [6.07, 6.45) is 8.45. The van der Waals surface area contributed by atoms with Crippen molar-refractivity contribution in [2.45, 2.75) is 0 Å². The van der Waals surface area contributed by atoms with E-state index in [1.807, 2.05) is 60.7 Å². The summed E-state index contributed by atoms with van der Waals surface area (Å²) >= 11 is 0. The Morgan fingerprint density at radius 2 is 0.605 bits per heavy atom. The van der Waals surface area contributed by atoms with Crippen molar-refractivity contribution in [2.24, 2.45) is 0 Å². The fourth-order valence-electron chi connectivity index (χ4n) is 11.3. The first-order valence-electron chi connectivity index (χ1n) is 28.4. The molecule has 0 fully saturated rings. The van der Waals surface area contributed by atoms with Crippen LogP contribution in [0.5, 0.6) is 0 Å². The Balaban J connectivity index is 0.996. The van der Waals surface area contributed by atoms with E-state index in [0.717, 1.165) is 112 Å². The number of allylic oxidation sites excluding steroid dienone is 2. The Morgan fingerprint density at radius 3 is 0.953 bits per heavy atom. The van der Waals surface area contributed by atoms with Crippen LogP contribution in [-0.4, -0.2) is 46.1 Å². The third kappa shape index (κ3) is 10.8. The number of nitrogens with one attached hydrogen (secondary N) is 4. The lowest BCUT2D eigenvalue weighted by molar-refractivity contribution is 0.0591. The van der Waals surface area contributed by atoms with E-state index in [1.54, 1.807) is 12.1 Å². The van der Waals surface area contributed by atoms with Gasteiger partial charge >= 0.3 is 11.9 Å². The normalized spacial score (nSPS) is 12.2. The number of rotatable bonds is 14. The first-order chi connectivity index (χ1) is 42.4. The zero-order valence-corrected chi connectivity index (χ0v) is 47.2. The molecule has 0 saturated carbocycles. The Kier molecular flexibility index (Phi) is 15.0. The van der Waals surface area contributed by atoms with Crippen LogP contribution in [0.4, 0.5) is 34.1 Å². The minimum Gasteiger partial charge on any atom is -0.465 e. The van der Waals surface area contributed by atoms with Gasteiger partial charge in [0.2, 0.25) is 0 Å². The average molecular weight is 1120 g/mol. The quantitative estimate of drug-likeness (QED) is 0.0805. The van der Waals surface area contributed by atoms with E-state index in [9.17, 15) is 9.59 Å². The lowest BCUT2D eigenvalue weighted by atomic mass is 9.97. The molecule has 4 aromatic heterocycles. The van der Waals surface area contributed by atoms with Crippen molar-refractivity contribution in [1.82, 2.24) is 19.9 Å². The molecule has 8 bridgehead atoms. The summed E-state index contributed by atoms with van der Waals surface area (Å²) in [6, 6.07) is 90.0. The van der Waals surface area contributed by atoms with Gasteiger partial charge in [0.25, 0.3) is 0 Å². The van der Waals surface area contributed by atoms with Crippen LogP contribution in [0.25, 0.3) is 34.4 Å². The number of H-pyrrole nitrogens is 4. The third-order valence-corrected chi connectivity index (χ3v) is 15.4. The number of benzene rings is 8. The molecule has 4 N–H and O–H groups in total. The second kappa shape index (κ2) is 24.1. The fourth-order valence-corrected chi connectivity index (χ4v) is 11.3. The Bertz CT molecular complexity index is 4360. The van der Waals surface area contributed by atoms with Gasteiger partial charge in [-0.15, -0.1) is 0 Å². The number of esters is 2. The number of carbonyl (C=O) groups excluding carboxylic acids is 2. The summed E-state index contributed by atoms with van der Waals surface area (Å²) in [5.74, 6) is -0.905. The van der Waals surface area contributed by atoms with Crippen molar-refractivity contribution in [3.63, 3.8) is 0 Å². The lowest BCUT2D eigenvalue weighted by Crippen LogP contribution is -2.19. The molecule has 86 heavy (non-hydrogen) atoms. The molecule has 13 rings (SSSR count). The van der Waals surface area contributed by atoms with Gasteiger partial charge in [-0.05, 0) is 145 Å². The summed E-state index contributed by atoms with van der Waals surface area (Å²) in [5.41, 5.74) is 16.8. The third-order valence-electron chi connectivity index (χ3n) is 15.4. The van der Waals surface area contributed by atoms with Gasteiger partial charge in [0.1, 0.15) is 0 Å². The van der Waals surface area contributed by atoms with Crippen LogP contribution in [0.2, 0.25) is 0 Å². The molecule has 1 aliphatic rings. The molecule has 10 nitrogen and oxygen atoms in total. The summed E-state index contributed by atoms with van der Waals surface area (Å²) in [7, 11) is 2.81. The molecule has 12 aromatic rings. The fraction of sp³-hybridized carbons (Fsp3) is 0.0263. The van der Waals surface area contributed by atoms with E-state index in [2.05, 4.69) is 248 Å². The number of nitrogens with zero attached hydrogens (tertiary/aromatic N) is 2. The van der Waals surface area contributed by atoms with E-state index in [0.29, 0.717) is 22.3 Å². The number of aromatic nitrogens is 4. The largest absolute Gasteiger partial charge is 0.465 e. The minimum absolute atomic E-state index is 0.418. The number of methoxy groups -OCH3 is 2. The molecular formula is C76H58N6O4. The highest BCUT2D eigenvalue weighted by atomic mass is 16.5. The highest BCUT2D eigenvalue weighted by Gasteiger charge is 2.23. The average Bonchev–Trinajstić information content (AvgIpc) is 3.16. The topological polar surface area (TPSA) is 122 Å². The Labute approximate surface area is 497 Å². The highest BCUT2D eigenvalue weighted by molar-refractivity contribution is 5.99. The molecule has 416 valence electrons. The SMILES string of the molecule is COC(=O)c1ccccc1C1=c2ccc([nH]2)=C(C=Cc2ccc(N(c3ccccc3)c3ccccc3)cc2)c2ccc([nH]2)C(c2ccccc2C(=O)OC)=c2ccc([nH]2)=C(C=Cc2ccc(N(c3ccccc3)c3ccccc3)cc2)c2ccc1[nH]2. The van der Waals surface area contributed by atoms with Gasteiger partial charge in [-0.25, -0.2) is 9.59 Å². The number of ether oxygens (including phenoxy) is 2. The Morgan fingerprint density at radius 1 is 0.302 bits per heavy atom. The summed E-state index contributed by atoms with van der Waals surface area (Å²) in [4.78, 5) is 47.2. The predicted octanol–water partition coefficient (Wildman–Crippen LogP) is 14.1. The number of aromatic amines is 4. The zero-order valence-electron chi connectivity index (χ0n) is 47.2. The lowest BCUT2D eigenvalue weighted by Gasteiger charge is -2.25. The van der Waals surface area contributed by atoms with Gasteiger partial charge in [0.15, 0.2) is 0 Å². The van der Waals surface area contributed by atoms with Crippen molar-refractivity contribution in [2.75, 3.05) is 24.0 Å². The standard InChI is InChI=1S/C76H58N6O4/c1-85-75(83)61-29-17-15-27-59(61)73-69-47-43-65(77-69)63(41-35-51-31-37-57(38-32-51)81(53-19-7-3-8-20-53)54-21-9-4-10-22-54)67-45-49-71(79-67)74(60-28-16-18-30-62(60)76(84)86-2)72-50-46-68(80-72)64(66-44-48-70(73)78-66)42-36-52-33-39-58(40-34-52)82(55-23-11-5-12-24-55)56-25-13-6-14-26-56/h3-50,77-80H,1-2H3. The molecule has 0 unspecified atom stereocenters. The Hall–Kier alpha value is -11.6. The van der Waals surface area contributed by atoms with Crippen molar-refractivity contribution in [1.29, 1.82) is 0 Å². The first kappa shape index (κ1) is 53.7. The van der Waals surface area contributed by atoms with Crippen LogP contribution in [0.3, 0.4) is 0 Å². The van der Waals surface area contributed by atoms with Crippen LogP contribution >= 0.6 is 0 Å². The first-order valence-corrected chi connectivity index (χ1v) is 28.4. The molecule has 5 heterocycles. The predicted molar refractivity (Wildman–Crippen MR) is 346 cm³/mol. The van der Waals surface area contributed by atoms with Gasteiger partial charge < -0.3 is 39.2 Å². The molecule has 0 atom stereocenters. The molecule has 0 saturated heterocycles. The van der Waals surface area contributed by atoms with Crippen LogP contribution in [0, 0.1) is 0 Å². The second-order valence-electron chi connectivity index (χ2n) is 20.7. The van der Waals surface area contributed by atoms with Gasteiger partial charge in [0.05, 0.1) is 25.3 Å². The second-order valence-corrected chi connectivity index (χ2v) is 20.7. The van der Waals surface area contributed by atoms with Crippen LogP contribution in [0.15, 0.2) is 279 Å². The summed E-state index contributed by atoms with van der Waals surface area (Å²) in [5, 5.41) is 3.14. The summed E-state index contributed by atoms with van der Waals surface area (Å²) < 4.78 is 10.8. The maximum atomic E-state index is 13.7. The number of carbonyl (C=O) groups is 2. The van der Waals surface area contributed by atoms with Crippen molar-refractivity contribution >= 4 is 80.5 Å². The molecule has 0 aliphatic carbocycles. The molecule has 0 amide bonds. The van der Waals surface area contributed by atoms with Crippen molar-refractivity contribution in [3.8, 4) is 0 Å². The van der Waals surface area contributed by atoms with Gasteiger partial charge in [-0.2, -0.15) is 0 Å². The van der Waals surface area contributed by atoms with E-state index < -0.39 is 11.9 Å². The van der Waals surface area contributed by atoms with Crippen LogP contribution in [0.1, 0.15) is 65.7 Å². The van der Waals surface area contributed by atoms with Crippen molar-refractivity contribution < 1.29 is 19.1 Å². The monoisotopic (exact) mass is 1120 g/mol. The zero-order chi connectivity index (χ0) is 58.3. The smallest absolute Gasteiger partial charge is 0.338 e. The van der Waals surface area contributed by atoms with Gasteiger partial charge in [0, 0.05) is 112 Å². The highest BCUT2D eigenvalue weighted by Crippen LogP contribution is 2.37. The van der Waals surface area contributed by atoms with Gasteiger partial charge in [-0.3, -0.25) is 0 Å². The van der Waals surface area contributed by atoms with Gasteiger partial charge in [-0.1, -0.05) is 158 Å². The number of anilines is 6. The van der Waals surface area contributed by atoms with E-state index in [1.165, 1.54) is 14.2 Å². The minimum atomic E-state index is -0.453. The van der Waals surface area contributed by atoms with E-state index in [-0.39, 0.29) is 0 Å². The molecular weight excluding hydrogens is 1060 g/mol. The molecule has 1 aliphatic heterocycles. The van der Waals surface area contributed by atoms with Crippen LogP contribution < -0.4 is 31.2 Å².